The van der Waals surface area contributed by atoms with Crippen molar-refractivity contribution < 1.29 is 33.7 Å². The number of rotatable bonds is 13. The van der Waals surface area contributed by atoms with Crippen LogP contribution in [0.3, 0.4) is 0 Å². The molecule has 4 aliphatic rings. The molecule has 0 aliphatic heterocycles. The van der Waals surface area contributed by atoms with Crippen molar-refractivity contribution in [3.63, 3.8) is 0 Å². The van der Waals surface area contributed by atoms with Crippen molar-refractivity contribution in [2.75, 3.05) is 28.3 Å². The number of ether oxygens (including phenoxy) is 2. The van der Waals surface area contributed by atoms with Crippen LogP contribution < -0.4 is 9.47 Å². The number of carbonyl (C=O) groups is 2. The van der Waals surface area contributed by atoms with Crippen LogP contribution in [0.5, 0.6) is 11.5 Å². The molecule has 4 fully saturated rings. The molecule has 0 unspecified atom stereocenters. The molecule has 0 spiro atoms. The Morgan fingerprint density at radius 3 is 2.17 bits per heavy atom. The Balaban J connectivity index is 0.990. The van der Waals surface area contributed by atoms with Crippen LogP contribution in [0.4, 0.5) is 0 Å². The number of methoxy groups -OCH3 is 2. The Kier molecular flexibility index (Phi) is 11.0. The van der Waals surface area contributed by atoms with E-state index in [1.54, 1.807) is 14.2 Å². The van der Waals surface area contributed by atoms with Crippen LogP contribution in [0.2, 0.25) is 0 Å². The van der Waals surface area contributed by atoms with E-state index in [0.29, 0.717) is 79.2 Å². The average Bonchev–Trinajstić information content (AvgIpc) is 3.94. The third kappa shape index (κ3) is 7.38. The summed E-state index contributed by atoms with van der Waals surface area (Å²) in [5, 5.41) is 35.4. The molecule has 13 nitrogen and oxygen atoms in total. The van der Waals surface area contributed by atoms with Crippen LogP contribution >= 0.6 is 0 Å². The summed E-state index contributed by atoms with van der Waals surface area (Å²) in [5.74, 6) is 0.194. The molecule has 0 radical (unpaired) electrons. The lowest BCUT2D eigenvalue weighted by molar-refractivity contribution is -0.160. The van der Waals surface area contributed by atoms with E-state index < -0.39 is 17.4 Å². The normalized spacial score (nSPS) is 22.2. The lowest BCUT2D eigenvalue weighted by atomic mass is 9.57. The van der Waals surface area contributed by atoms with Crippen molar-refractivity contribution in [1.82, 2.24) is 24.6 Å². The summed E-state index contributed by atoms with van der Waals surface area (Å²) >= 11 is 0. The van der Waals surface area contributed by atoms with Gasteiger partial charge in [0.2, 0.25) is 5.89 Å². The Labute approximate surface area is 366 Å². The van der Waals surface area contributed by atoms with E-state index in [0.717, 1.165) is 82.1 Å². The second-order valence-corrected chi connectivity index (χ2v) is 18.1. The first-order valence-electron chi connectivity index (χ1n) is 21.9. The fraction of sp³-hybridized carbons (Fsp3) is 0.420. The Bertz CT molecular complexity index is 2740. The smallest absolute Gasteiger partial charge is 0.309 e. The van der Waals surface area contributed by atoms with Gasteiger partial charge in [-0.05, 0) is 132 Å². The number of fused-ring (bicyclic) bond motifs is 5. The van der Waals surface area contributed by atoms with Crippen LogP contribution in [0.25, 0.3) is 50.3 Å². The van der Waals surface area contributed by atoms with Crippen molar-refractivity contribution >= 4 is 33.9 Å². The predicted molar refractivity (Wildman–Crippen MR) is 239 cm³/mol. The van der Waals surface area contributed by atoms with E-state index in [2.05, 4.69) is 55.1 Å². The highest BCUT2D eigenvalue weighted by Gasteiger charge is 2.54. The molecule has 4 saturated carbocycles. The van der Waals surface area contributed by atoms with Gasteiger partial charge in [0.1, 0.15) is 23.1 Å². The summed E-state index contributed by atoms with van der Waals surface area (Å²) in [6.07, 6.45) is 9.60. The van der Waals surface area contributed by atoms with Gasteiger partial charge < -0.3 is 24.1 Å². The number of nitrogens with zero attached hydrogens (tertiary/aromatic N) is 6. The number of oxazole rings is 1. The third-order valence-corrected chi connectivity index (χ3v) is 14.9. The molecular weight excluding hydrogens is 797 g/mol. The van der Waals surface area contributed by atoms with Crippen molar-refractivity contribution in [2.24, 2.45) is 11.3 Å². The summed E-state index contributed by atoms with van der Waals surface area (Å²) in [4.78, 5) is 33.2. The number of hydrogen-bond donors (Lipinski definition) is 2. The second-order valence-electron chi connectivity index (χ2n) is 18.1. The quantitative estimate of drug-likeness (QED) is 0.113. The summed E-state index contributed by atoms with van der Waals surface area (Å²) in [5.41, 5.74) is 8.26. The molecule has 0 amide bonds. The van der Waals surface area contributed by atoms with Gasteiger partial charge in [-0.25, -0.2) is 9.67 Å². The van der Waals surface area contributed by atoms with Gasteiger partial charge in [-0.2, -0.15) is 10.4 Å². The summed E-state index contributed by atoms with van der Waals surface area (Å²) in [7, 11) is 7.54. The first-order valence-corrected chi connectivity index (χ1v) is 21.9. The van der Waals surface area contributed by atoms with Gasteiger partial charge in [-0.1, -0.05) is 24.3 Å². The first kappa shape index (κ1) is 42.1. The summed E-state index contributed by atoms with van der Waals surface area (Å²) < 4.78 is 20.3. The molecule has 63 heavy (non-hydrogen) atoms. The van der Waals surface area contributed by atoms with Crippen molar-refractivity contribution in [3.05, 3.63) is 89.1 Å². The van der Waals surface area contributed by atoms with E-state index in [9.17, 15) is 25.1 Å². The minimum Gasteiger partial charge on any atom is -0.496 e. The molecule has 0 saturated heterocycles. The molecule has 4 aromatic carbocycles. The molecule has 0 atom stereocenters. The number of nitriles is 1. The van der Waals surface area contributed by atoms with Crippen LogP contribution in [0.15, 0.2) is 71.3 Å². The largest absolute Gasteiger partial charge is 0.496 e. The zero-order valence-electron chi connectivity index (χ0n) is 36.6. The van der Waals surface area contributed by atoms with Crippen molar-refractivity contribution in [3.8, 4) is 45.8 Å². The highest BCUT2D eigenvalue weighted by atomic mass is 16.5. The van der Waals surface area contributed by atoms with Gasteiger partial charge >= 0.3 is 11.9 Å². The molecule has 2 heterocycles. The van der Waals surface area contributed by atoms with Gasteiger partial charge in [0.05, 0.1) is 54.1 Å². The summed E-state index contributed by atoms with van der Waals surface area (Å²) in [6.45, 7) is 3.27. The van der Waals surface area contributed by atoms with E-state index in [-0.39, 0.29) is 17.5 Å². The second kappa shape index (κ2) is 16.5. The molecule has 6 aromatic rings. The lowest BCUT2D eigenvalue weighted by Gasteiger charge is -2.55. The van der Waals surface area contributed by atoms with Crippen molar-refractivity contribution in [2.45, 2.75) is 95.8 Å². The van der Waals surface area contributed by atoms with E-state index >= 15 is 0 Å². The predicted octanol–water partition coefficient (Wildman–Crippen LogP) is 9.38. The lowest BCUT2D eigenvalue weighted by Crippen LogP contribution is -2.56. The van der Waals surface area contributed by atoms with E-state index in [4.69, 9.17) is 24.0 Å². The third-order valence-electron chi connectivity index (χ3n) is 14.9. The van der Waals surface area contributed by atoms with E-state index in [1.165, 1.54) is 0 Å². The van der Waals surface area contributed by atoms with Gasteiger partial charge in [0.15, 0.2) is 5.58 Å². The minimum absolute atomic E-state index is 0.0519. The van der Waals surface area contributed by atoms with Gasteiger partial charge in [0, 0.05) is 47.8 Å². The van der Waals surface area contributed by atoms with Crippen LogP contribution in [-0.4, -0.2) is 86.6 Å². The molecule has 2 aromatic heterocycles. The molecule has 2 bridgehead atoms. The first-order chi connectivity index (χ1) is 30.4. The minimum atomic E-state index is -0.710. The Morgan fingerprint density at radius 1 is 0.889 bits per heavy atom. The molecule has 326 valence electrons. The summed E-state index contributed by atoms with van der Waals surface area (Å²) in [6, 6.07) is 22.7. The van der Waals surface area contributed by atoms with Gasteiger partial charge in [-0.15, -0.1) is 0 Å². The average molecular weight is 851 g/mol. The zero-order chi connectivity index (χ0) is 44.2. The number of aliphatic carboxylic acids is 2. The molecule has 2 N–H and O–H groups in total. The number of benzene rings is 4. The van der Waals surface area contributed by atoms with Crippen LogP contribution in [0.1, 0.15) is 86.5 Å². The number of aromatic nitrogens is 3. The maximum atomic E-state index is 12.1. The Morgan fingerprint density at radius 2 is 1.54 bits per heavy atom. The number of carboxylic acids is 2. The van der Waals surface area contributed by atoms with E-state index in [1.807, 2.05) is 53.3 Å². The molecule has 4 aliphatic carbocycles. The highest BCUT2D eigenvalue weighted by molar-refractivity contribution is 5.97. The SMILES string of the molecule is COc1cc(-n2ncc3c(-c4cccc(-c5nc6cc(CN(C)C7CCC(C(=O)O)CC7)cc(C#N)c6o5)c4C)cccc32)cc(OC)c1CN(C)C12CCC(C(=O)O)(CC1)CC2. The number of hydrogen-bond acceptors (Lipinski definition) is 10. The Hall–Kier alpha value is -6.23. The van der Waals surface area contributed by atoms with Gasteiger partial charge in [-0.3, -0.25) is 19.4 Å². The van der Waals surface area contributed by atoms with Crippen LogP contribution in [-0.2, 0) is 22.7 Å². The molecule has 13 heteroatoms. The standard InChI is InChI=1S/C50H54N6O7/c1-30-36(8-6-9-37(30)46-53-41-23-31(22-33(26-51)45(41)63-46)28-54(2)34-14-12-32(13-15-34)47(57)58)38-10-7-11-42-39(38)27-52-56(42)35-24-43(61-4)40(44(25-35)62-5)29-55(3)50-19-16-49(17-20-50,18-21-50)48(59)60/h6-11,22-25,27,32,34H,12-21,28-29H2,1-5H3,(H,57,58)(H,59,60). The fourth-order valence-corrected chi connectivity index (χ4v) is 10.9. The van der Waals surface area contributed by atoms with Crippen LogP contribution in [0, 0.1) is 29.6 Å². The maximum absolute atomic E-state index is 12.1. The molecular formula is C50H54N6O7. The fourth-order valence-electron chi connectivity index (χ4n) is 10.9. The topological polar surface area (TPSA) is 167 Å². The monoisotopic (exact) mass is 850 g/mol. The number of carboxylic acid groups (broad SMARTS) is 2. The zero-order valence-corrected chi connectivity index (χ0v) is 36.6. The highest BCUT2D eigenvalue weighted by Crippen LogP contribution is 2.55. The van der Waals surface area contributed by atoms with Gasteiger partial charge in [0.25, 0.3) is 0 Å². The molecule has 10 rings (SSSR count). The maximum Gasteiger partial charge on any atom is 0.309 e. The van der Waals surface area contributed by atoms with Crippen molar-refractivity contribution in [1.29, 1.82) is 5.26 Å².